The molecule has 4 rings (SSSR count). The Hall–Kier alpha value is -3.55. The van der Waals surface area contributed by atoms with Gasteiger partial charge in [-0.05, 0) is 35.6 Å². The normalized spacial score (nSPS) is 13.9. The summed E-state index contributed by atoms with van der Waals surface area (Å²) in [7, 11) is 0. The maximum Gasteiger partial charge on any atom is 0.322 e. The van der Waals surface area contributed by atoms with Crippen molar-refractivity contribution >= 4 is 28.2 Å². The molecule has 0 aliphatic carbocycles. The monoisotopic (exact) mass is 473 g/mol. The molecule has 3 aromatic carbocycles. The van der Waals surface area contributed by atoms with Crippen LogP contribution < -0.4 is 21.1 Å². The maximum atomic E-state index is 13.4. The van der Waals surface area contributed by atoms with Crippen LogP contribution in [-0.4, -0.2) is 68.3 Å². The van der Waals surface area contributed by atoms with Crippen LogP contribution in [0.4, 0.5) is 16.2 Å². The maximum absolute atomic E-state index is 13.4. The number of nitrogens with one attached hydrogen (secondary N) is 2. The zero-order chi connectivity index (χ0) is 24.5. The van der Waals surface area contributed by atoms with Crippen molar-refractivity contribution in [3.63, 3.8) is 0 Å². The van der Waals surface area contributed by atoms with E-state index in [0.29, 0.717) is 37.6 Å². The molecule has 0 bridgehead atoms. The van der Waals surface area contributed by atoms with E-state index < -0.39 is 0 Å². The standard InChI is InChI=1S/C28H35N5O2/c1-22(20-32-17-14-30-15-18-32)21-33(16-7-19-35-27-13-5-4-11-25(27)29)28(34)31-26-12-6-9-23-8-2-3-10-24(23)26/h2-6,8-13,30H,1,7,14-21,29H2,(H,31,34). The number of fused-ring (bicyclic) bond motifs is 1. The topological polar surface area (TPSA) is 82.9 Å². The van der Waals surface area contributed by atoms with Gasteiger partial charge in [0, 0.05) is 51.2 Å². The minimum atomic E-state index is -0.137. The number of ether oxygens (including phenoxy) is 1. The molecule has 1 aliphatic rings. The average molecular weight is 474 g/mol. The number of nitrogens with zero attached hydrogens (tertiary/aromatic N) is 2. The first-order valence-corrected chi connectivity index (χ1v) is 12.2. The van der Waals surface area contributed by atoms with Crippen LogP contribution in [0.15, 0.2) is 78.9 Å². The summed E-state index contributed by atoms with van der Waals surface area (Å²) in [4.78, 5) is 17.6. The van der Waals surface area contributed by atoms with Crippen molar-refractivity contribution in [1.82, 2.24) is 15.1 Å². The molecule has 4 N–H and O–H groups in total. The van der Waals surface area contributed by atoms with E-state index in [4.69, 9.17) is 10.5 Å². The molecule has 2 amide bonds. The van der Waals surface area contributed by atoms with Gasteiger partial charge in [0.15, 0.2) is 0 Å². The van der Waals surface area contributed by atoms with Crippen molar-refractivity contribution in [3.8, 4) is 5.75 Å². The first-order valence-electron chi connectivity index (χ1n) is 12.2. The summed E-state index contributed by atoms with van der Waals surface area (Å²) in [6, 6.07) is 21.3. The molecule has 0 aromatic heterocycles. The SMILES string of the molecule is C=C(CN1CCNCC1)CN(CCCOc1ccccc1N)C(=O)Nc1cccc2ccccc12. The summed E-state index contributed by atoms with van der Waals surface area (Å²) in [5.41, 5.74) is 8.42. The predicted molar refractivity (Wildman–Crippen MR) is 144 cm³/mol. The lowest BCUT2D eigenvalue weighted by Gasteiger charge is -2.30. The third-order valence-electron chi connectivity index (χ3n) is 6.14. The van der Waals surface area contributed by atoms with Crippen LogP contribution >= 0.6 is 0 Å². The Bertz CT molecular complexity index is 1140. The summed E-state index contributed by atoms with van der Waals surface area (Å²) in [6.45, 7) is 10.5. The van der Waals surface area contributed by atoms with Crippen LogP contribution in [0, 0.1) is 0 Å². The highest BCUT2D eigenvalue weighted by Crippen LogP contribution is 2.24. The minimum Gasteiger partial charge on any atom is -0.491 e. The Morgan fingerprint density at radius 3 is 2.63 bits per heavy atom. The van der Waals surface area contributed by atoms with Gasteiger partial charge in [-0.2, -0.15) is 0 Å². The van der Waals surface area contributed by atoms with E-state index in [1.165, 1.54) is 0 Å². The summed E-state index contributed by atoms with van der Waals surface area (Å²) < 4.78 is 5.85. The second kappa shape index (κ2) is 12.2. The molecule has 1 saturated heterocycles. The van der Waals surface area contributed by atoms with Gasteiger partial charge in [-0.25, -0.2) is 4.79 Å². The number of anilines is 2. The van der Waals surface area contributed by atoms with Crippen LogP contribution in [0.5, 0.6) is 5.75 Å². The van der Waals surface area contributed by atoms with Gasteiger partial charge in [-0.15, -0.1) is 0 Å². The lowest BCUT2D eigenvalue weighted by Crippen LogP contribution is -2.45. The Morgan fingerprint density at radius 2 is 1.80 bits per heavy atom. The zero-order valence-corrected chi connectivity index (χ0v) is 20.2. The molecule has 3 aromatic rings. The van der Waals surface area contributed by atoms with Crippen molar-refractivity contribution in [2.45, 2.75) is 6.42 Å². The molecule has 0 saturated carbocycles. The Balaban J connectivity index is 1.40. The predicted octanol–water partition coefficient (Wildman–Crippen LogP) is 4.19. The second-order valence-electron chi connectivity index (χ2n) is 8.89. The highest BCUT2D eigenvalue weighted by atomic mass is 16.5. The van der Waals surface area contributed by atoms with E-state index in [1.807, 2.05) is 71.6 Å². The molecule has 184 valence electrons. The van der Waals surface area contributed by atoms with Crippen molar-refractivity contribution in [2.75, 3.05) is 63.5 Å². The lowest BCUT2D eigenvalue weighted by molar-refractivity contribution is 0.205. The van der Waals surface area contributed by atoms with Crippen molar-refractivity contribution < 1.29 is 9.53 Å². The fraction of sp³-hybridized carbons (Fsp3) is 0.321. The van der Waals surface area contributed by atoms with E-state index in [-0.39, 0.29) is 6.03 Å². The molecule has 7 heteroatoms. The van der Waals surface area contributed by atoms with Crippen molar-refractivity contribution in [1.29, 1.82) is 0 Å². The number of nitrogen functional groups attached to an aromatic ring is 1. The van der Waals surface area contributed by atoms with E-state index in [9.17, 15) is 4.79 Å². The number of rotatable bonds is 10. The summed E-state index contributed by atoms with van der Waals surface area (Å²) in [6.07, 6.45) is 0.679. The fourth-order valence-corrected chi connectivity index (χ4v) is 4.34. The molecule has 7 nitrogen and oxygen atoms in total. The molecule has 0 unspecified atom stereocenters. The number of hydrogen-bond acceptors (Lipinski definition) is 5. The number of nitrogens with two attached hydrogens (primary N) is 1. The van der Waals surface area contributed by atoms with Crippen LogP contribution in [-0.2, 0) is 0 Å². The van der Waals surface area contributed by atoms with Crippen LogP contribution in [0.1, 0.15) is 6.42 Å². The minimum absolute atomic E-state index is 0.137. The van der Waals surface area contributed by atoms with Crippen LogP contribution in [0.25, 0.3) is 10.8 Å². The molecular weight excluding hydrogens is 438 g/mol. The molecule has 1 aliphatic heterocycles. The van der Waals surface area contributed by atoms with Gasteiger partial charge in [-0.1, -0.05) is 55.1 Å². The van der Waals surface area contributed by atoms with Crippen LogP contribution in [0.3, 0.4) is 0 Å². The van der Waals surface area contributed by atoms with Gasteiger partial charge < -0.3 is 26.0 Å². The fourth-order valence-electron chi connectivity index (χ4n) is 4.34. The van der Waals surface area contributed by atoms with Crippen LogP contribution in [0.2, 0.25) is 0 Å². The Labute approximate surface area is 207 Å². The van der Waals surface area contributed by atoms with E-state index >= 15 is 0 Å². The van der Waals surface area contributed by atoms with Gasteiger partial charge in [0.2, 0.25) is 0 Å². The highest BCUT2D eigenvalue weighted by molar-refractivity contribution is 6.01. The summed E-state index contributed by atoms with van der Waals surface area (Å²) in [5, 5.41) is 8.61. The smallest absolute Gasteiger partial charge is 0.322 e. The number of piperazine rings is 1. The number of amides is 2. The number of carbonyl (C=O) groups is 1. The highest BCUT2D eigenvalue weighted by Gasteiger charge is 2.18. The van der Waals surface area contributed by atoms with Gasteiger partial charge in [0.05, 0.1) is 18.0 Å². The first kappa shape index (κ1) is 24.6. The third-order valence-corrected chi connectivity index (χ3v) is 6.14. The average Bonchev–Trinajstić information content (AvgIpc) is 2.87. The van der Waals surface area contributed by atoms with Crippen molar-refractivity contribution in [2.24, 2.45) is 0 Å². The molecule has 1 heterocycles. The molecule has 0 radical (unpaired) electrons. The molecule has 1 fully saturated rings. The van der Waals surface area contributed by atoms with Crippen molar-refractivity contribution in [3.05, 3.63) is 78.9 Å². The molecule has 0 atom stereocenters. The number of carbonyl (C=O) groups excluding carboxylic acids is 1. The Kier molecular flexibility index (Phi) is 8.59. The van der Waals surface area contributed by atoms with E-state index in [1.54, 1.807) is 0 Å². The van der Waals surface area contributed by atoms with Gasteiger partial charge in [-0.3, -0.25) is 4.90 Å². The van der Waals surface area contributed by atoms with Gasteiger partial charge >= 0.3 is 6.03 Å². The zero-order valence-electron chi connectivity index (χ0n) is 20.2. The number of urea groups is 1. The van der Waals surface area contributed by atoms with Gasteiger partial charge in [0.25, 0.3) is 0 Å². The summed E-state index contributed by atoms with van der Waals surface area (Å²) >= 11 is 0. The quantitative estimate of drug-likeness (QED) is 0.234. The third kappa shape index (κ3) is 6.97. The van der Waals surface area contributed by atoms with E-state index in [2.05, 4.69) is 22.1 Å². The number of hydrogen-bond donors (Lipinski definition) is 3. The number of para-hydroxylation sites is 2. The van der Waals surface area contributed by atoms with Gasteiger partial charge in [0.1, 0.15) is 5.75 Å². The lowest BCUT2D eigenvalue weighted by atomic mass is 10.1. The number of benzene rings is 3. The largest absolute Gasteiger partial charge is 0.491 e. The second-order valence-corrected chi connectivity index (χ2v) is 8.89. The van der Waals surface area contributed by atoms with E-state index in [0.717, 1.165) is 54.8 Å². The summed E-state index contributed by atoms with van der Waals surface area (Å²) in [5.74, 6) is 0.669. The molecule has 0 spiro atoms. The Morgan fingerprint density at radius 1 is 1.06 bits per heavy atom. The first-order chi connectivity index (χ1) is 17.1. The molecular formula is C28H35N5O2. The molecule has 35 heavy (non-hydrogen) atoms.